The van der Waals surface area contributed by atoms with Crippen LogP contribution in [0.1, 0.15) is 13.8 Å². The Morgan fingerprint density at radius 3 is 2.53 bits per heavy atom. The molecule has 0 saturated carbocycles. The summed E-state index contributed by atoms with van der Waals surface area (Å²) in [6.07, 6.45) is 0. The Morgan fingerprint density at radius 1 is 1.32 bits per heavy atom. The highest BCUT2D eigenvalue weighted by atomic mass is 32.1. The number of nitro groups is 1. The fourth-order valence-corrected chi connectivity index (χ4v) is 2.92. The van der Waals surface area contributed by atoms with E-state index in [-0.39, 0.29) is 10.6 Å². The van der Waals surface area contributed by atoms with Crippen molar-refractivity contribution in [3.63, 3.8) is 0 Å². The summed E-state index contributed by atoms with van der Waals surface area (Å²) in [5.74, 6) is 0. The van der Waals surface area contributed by atoms with Crippen LogP contribution in [0.5, 0.6) is 0 Å². The van der Waals surface area contributed by atoms with Crippen molar-refractivity contribution in [1.29, 1.82) is 0 Å². The predicted octanol–water partition coefficient (Wildman–Crippen LogP) is 3.07. The second-order valence-corrected chi connectivity index (χ2v) is 4.76. The zero-order chi connectivity index (χ0) is 13.8. The molecule has 5 nitrogen and oxygen atoms in total. The van der Waals surface area contributed by atoms with Crippen molar-refractivity contribution in [2.24, 2.45) is 4.99 Å². The molecule has 1 aromatic heterocycles. The van der Waals surface area contributed by atoms with Gasteiger partial charge < -0.3 is 4.57 Å². The molecule has 1 aromatic carbocycles. The van der Waals surface area contributed by atoms with Crippen LogP contribution >= 0.6 is 11.3 Å². The summed E-state index contributed by atoms with van der Waals surface area (Å²) < 4.78 is 2.12. The Bertz CT molecular complexity index is 641. The molecule has 0 amide bonds. The number of rotatable bonds is 4. The van der Waals surface area contributed by atoms with E-state index in [1.165, 1.54) is 12.1 Å². The van der Waals surface area contributed by atoms with Crippen molar-refractivity contribution in [3.8, 4) is 11.3 Å². The first kappa shape index (κ1) is 13.5. The average molecular weight is 277 g/mol. The van der Waals surface area contributed by atoms with E-state index in [1.807, 2.05) is 12.3 Å². The average Bonchev–Trinajstić information content (AvgIpc) is 2.82. The summed E-state index contributed by atoms with van der Waals surface area (Å²) in [5, 5.41) is 12.7. The van der Waals surface area contributed by atoms with E-state index < -0.39 is 0 Å². The number of nitro benzene ring substituents is 1. The number of aromatic nitrogens is 1. The van der Waals surface area contributed by atoms with E-state index in [1.54, 1.807) is 23.5 Å². The molecule has 1 heterocycles. The van der Waals surface area contributed by atoms with Crippen molar-refractivity contribution in [1.82, 2.24) is 4.57 Å². The predicted molar refractivity (Wildman–Crippen MR) is 76.2 cm³/mol. The molecule has 0 unspecified atom stereocenters. The highest BCUT2D eigenvalue weighted by molar-refractivity contribution is 7.07. The van der Waals surface area contributed by atoms with Gasteiger partial charge in [-0.1, -0.05) is 0 Å². The van der Waals surface area contributed by atoms with Crippen LogP contribution in [0.15, 0.2) is 34.6 Å². The van der Waals surface area contributed by atoms with Crippen LogP contribution in [0, 0.1) is 10.1 Å². The fraction of sp³-hybridized carbons (Fsp3) is 0.308. The first-order chi connectivity index (χ1) is 9.17. The van der Waals surface area contributed by atoms with E-state index in [9.17, 15) is 10.1 Å². The van der Waals surface area contributed by atoms with Crippen molar-refractivity contribution in [2.45, 2.75) is 20.4 Å². The molecule has 0 saturated heterocycles. The summed E-state index contributed by atoms with van der Waals surface area (Å²) in [7, 11) is 0. The monoisotopic (exact) mass is 277 g/mol. The first-order valence-electron chi connectivity index (χ1n) is 6.11. The standard InChI is InChI=1S/C13H15N3O2S/c1-3-14-13-15(4-2)12(9-19-13)10-5-7-11(8-6-10)16(17)18/h5-9H,3-4H2,1-2H3. The molecule has 19 heavy (non-hydrogen) atoms. The Hall–Kier alpha value is -1.95. The number of hydrogen-bond acceptors (Lipinski definition) is 4. The molecule has 2 aromatic rings. The fourth-order valence-electron chi connectivity index (χ4n) is 1.88. The Labute approximate surface area is 115 Å². The lowest BCUT2D eigenvalue weighted by molar-refractivity contribution is -0.384. The number of non-ortho nitro benzene ring substituents is 1. The molecule has 100 valence electrons. The van der Waals surface area contributed by atoms with Crippen LogP contribution in [0.25, 0.3) is 11.3 Å². The molecule has 0 atom stereocenters. The molecule has 2 rings (SSSR count). The topological polar surface area (TPSA) is 60.4 Å². The lowest BCUT2D eigenvalue weighted by Gasteiger charge is -2.05. The maximum Gasteiger partial charge on any atom is 0.269 e. The van der Waals surface area contributed by atoms with Gasteiger partial charge in [-0.3, -0.25) is 15.1 Å². The summed E-state index contributed by atoms with van der Waals surface area (Å²) in [4.78, 5) is 15.7. The Kier molecular flexibility index (Phi) is 4.11. The smallest absolute Gasteiger partial charge is 0.269 e. The quantitative estimate of drug-likeness (QED) is 0.637. The van der Waals surface area contributed by atoms with Gasteiger partial charge in [0.1, 0.15) is 0 Å². The van der Waals surface area contributed by atoms with Gasteiger partial charge in [0.15, 0.2) is 4.80 Å². The van der Waals surface area contributed by atoms with Crippen LogP contribution in [0.3, 0.4) is 0 Å². The summed E-state index contributed by atoms with van der Waals surface area (Å²) in [5.41, 5.74) is 2.14. The van der Waals surface area contributed by atoms with E-state index in [0.717, 1.165) is 29.1 Å². The van der Waals surface area contributed by atoms with Gasteiger partial charge in [0.05, 0.1) is 10.6 Å². The molecule has 0 aliphatic rings. The largest absolute Gasteiger partial charge is 0.317 e. The maximum absolute atomic E-state index is 10.6. The van der Waals surface area contributed by atoms with Crippen LogP contribution in [0.4, 0.5) is 5.69 Å². The molecule has 0 bridgehead atoms. The molecule has 0 fully saturated rings. The SMILES string of the molecule is CCN=c1scc(-c2ccc([N+](=O)[O-])cc2)n1CC. The van der Waals surface area contributed by atoms with Gasteiger partial charge in [-0.2, -0.15) is 0 Å². The minimum atomic E-state index is -0.386. The zero-order valence-corrected chi connectivity index (χ0v) is 11.7. The van der Waals surface area contributed by atoms with Crippen LogP contribution in [-0.4, -0.2) is 16.0 Å². The number of benzene rings is 1. The molecule has 0 aliphatic heterocycles. The number of hydrogen-bond donors (Lipinski definition) is 0. The highest BCUT2D eigenvalue weighted by Gasteiger charge is 2.09. The van der Waals surface area contributed by atoms with Crippen LogP contribution in [-0.2, 0) is 6.54 Å². The lowest BCUT2D eigenvalue weighted by Crippen LogP contribution is -2.15. The van der Waals surface area contributed by atoms with E-state index in [4.69, 9.17) is 0 Å². The van der Waals surface area contributed by atoms with Crippen LogP contribution < -0.4 is 4.80 Å². The summed E-state index contributed by atoms with van der Waals surface area (Å²) in [6, 6.07) is 6.62. The van der Waals surface area contributed by atoms with Crippen molar-refractivity contribution in [2.75, 3.05) is 6.54 Å². The van der Waals surface area contributed by atoms with Gasteiger partial charge in [0.2, 0.25) is 0 Å². The maximum atomic E-state index is 10.6. The second kappa shape index (κ2) is 5.79. The van der Waals surface area contributed by atoms with Gasteiger partial charge in [-0.15, -0.1) is 11.3 Å². The third kappa shape index (κ3) is 2.73. The zero-order valence-electron chi connectivity index (χ0n) is 10.9. The lowest BCUT2D eigenvalue weighted by atomic mass is 10.1. The normalized spacial score (nSPS) is 11.8. The van der Waals surface area contributed by atoms with Gasteiger partial charge in [0, 0.05) is 30.6 Å². The van der Waals surface area contributed by atoms with Crippen LogP contribution in [0.2, 0.25) is 0 Å². The van der Waals surface area contributed by atoms with Gasteiger partial charge >= 0.3 is 0 Å². The van der Waals surface area contributed by atoms with Crippen molar-refractivity contribution in [3.05, 3.63) is 44.6 Å². The molecular formula is C13H15N3O2S. The third-order valence-corrected chi connectivity index (χ3v) is 3.68. The molecule has 0 N–H and O–H groups in total. The van der Waals surface area contributed by atoms with Gasteiger partial charge in [-0.05, 0) is 31.5 Å². The molecule has 6 heteroatoms. The number of nitrogens with zero attached hydrogens (tertiary/aromatic N) is 3. The molecule has 0 radical (unpaired) electrons. The van der Waals surface area contributed by atoms with Gasteiger partial charge in [-0.25, -0.2) is 0 Å². The minimum Gasteiger partial charge on any atom is -0.317 e. The highest BCUT2D eigenvalue weighted by Crippen LogP contribution is 2.22. The van der Waals surface area contributed by atoms with E-state index in [0.29, 0.717) is 0 Å². The summed E-state index contributed by atoms with van der Waals surface area (Å²) >= 11 is 1.59. The molecule has 0 aliphatic carbocycles. The van der Waals surface area contributed by atoms with Crippen molar-refractivity contribution >= 4 is 17.0 Å². The third-order valence-electron chi connectivity index (χ3n) is 2.78. The Morgan fingerprint density at radius 2 is 2.00 bits per heavy atom. The first-order valence-corrected chi connectivity index (χ1v) is 6.99. The van der Waals surface area contributed by atoms with Crippen molar-refractivity contribution < 1.29 is 4.92 Å². The van der Waals surface area contributed by atoms with E-state index >= 15 is 0 Å². The molecular weight excluding hydrogens is 262 g/mol. The van der Waals surface area contributed by atoms with E-state index in [2.05, 4.69) is 16.5 Å². The minimum absolute atomic E-state index is 0.112. The Balaban J connectivity index is 2.47. The second-order valence-electron chi connectivity index (χ2n) is 3.93. The number of thiazole rings is 1. The van der Waals surface area contributed by atoms with Gasteiger partial charge in [0.25, 0.3) is 5.69 Å². The summed E-state index contributed by atoms with van der Waals surface area (Å²) in [6.45, 7) is 5.65. The molecule has 0 spiro atoms.